The van der Waals surface area contributed by atoms with Gasteiger partial charge in [-0.05, 0) is 36.8 Å². The van der Waals surface area contributed by atoms with Gasteiger partial charge in [0.15, 0.2) is 0 Å². The Kier molecular flexibility index (Phi) is 4.10. The number of aryl methyl sites for hydroxylation is 1. The molecule has 104 valence electrons. The summed E-state index contributed by atoms with van der Waals surface area (Å²) in [7, 11) is 1.64. The summed E-state index contributed by atoms with van der Waals surface area (Å²) in [6.45, 7) is 1.93. The standard InChI is InChI=1S/C14H14ClN3O2/c1-9-6-7-10(15)13(8-9)17-12-5-3-4-11(16-2)14(12)18(19)20/h3-8,16-17H,1-2H3. The zero-order valence-corrected chi connectivity index (χ0v) is 11.9. The Morgan fingerprint density at radius 3 is 2.50 bits per heavy atom. The smallest absolute Gasteiger partial charge is 0.315 e. The van der Waals surface area contributed by atoms with Crippen LogP contribution in [0.15, 0.2) is 36.4 Å². The van der Waals surface area contributed by atoms with Crippen LogP contribution in [0.1, 0.15) is 5.56 Å². The van der Waals surface area contributed by atoms with Gasteiger partial charge in [-0.2, -0.15) is 0 Å². The van der Waals surface area contributed by atoms with Gasteiger partial charge in [-0.25, -0.2) is 0 Å². The highest BCUT2D eigenvalue weighted by molar-refractivity contribution is 6.33. The van der Waals surface area contributed by atoms with E-state index >= 15 is 0 Å². The first-order valence-electron chi connectivity index (χ1n) is 6.01. The van der Waals surface area contributed by atoms with Crippen molar-refractivity contribution in [3.05, 3.63) is 57.1 Å². The lowest BCUT2D eigenvalue weighted by Gasteiger charge is -2.11. The molecule has 0 saturated heterocycles. The molecule has 0 aromatic heterocycles. The molecular weight excluding hydrogens is 278 g/mol. The summed E-state index contributed by atoms with van der Waals surface area (Å²) >= 11 is 6.10. The number of nitro benzene ring substituents is 1. The molecule has 0 radical (unpaired) electrons. The fourth-order valence-electron chi connectivity index (χ4n) is 1.92. The molecule has 5 nitrogen and oxygen atoms in total. The normalized spacial score (nSPS) is 10.2. The van der Waals surface area contributed by atoms with E-state index in [9.17, 15) is 10.1 Å². The second kappa shape index (κ2) is 5.79. The van der Waals surface area contributed by atoms with E-state index < -0.39 is 4.92 Å². The molecule has 0 aliphatic carbocycles. The van der Waals surface area contributed by atoms with Gasteiger partial charge < -0.3 is 10.6 Å². The van der Waals surface area contributed by atoms with Crippen molar-refractivity contribution in [2.24, 2.45) is 0 Å². The van der Waals surface area contributed by atoms with Gasteiger partial charge >= 0.3 is 5.69 Å². The first-order chi connectivity index (χ1) is 9.52. The first-order valence-corrected chi connectivity index (χ1v) is 6.39. The molecule has 0 atom stereocenters. The zero-order valence-electron chi connectivity index (χ0n) is 11.1. The number of hydrogen-bond donors (Lipinski definition) is 2. The van der Waals surface area contributed by atoms with Crippen LogP contribution in [0.4, 0.5) is 22.7 Å². The van der Waals surface area contributed by atoms with Gasteiger partial charge in [0.25, 0.3) is 0 Å². The van der Waals surface area contributed by atoms with Crippen molar-refractivity contribution in [3.8, 4) is 0 Å². The van der Waals surface area contributed by atoms with E-state index in [0.29, 0.717) is 22.1 Å². The van der Waals surface area contributed by atoms with Gasteiger partial charge in [0.1, 0.15) is 11.4 Å². The second-order valence-corrected chi connectivity index (χ2v) is 4.72. The minimum Gasteiger partial charge on any atom is -0.382 e. The fraction of sp³-hybridized carbons (Fsp3) is 0.143. The largest absolute Gasteiger partial charge is 0.382 e. The van der Waals surface area contributed by atoms with Crippen LogP contribution in [0.5, 0.6) is 0 Å². The third kappa shape index (κ3) is 2.83. The van der Waals surface area contributed by atoms with E-state index in [1.54, 1.807) is 31.3 Å². The molecule has 0 amide bonds. The van der Waals surface area contributed by atoms with Gasteiger partial charge in [0, 0.05) is 7.05 Å². The van der Waals surface area contributed by atoms with Crippen LogP contribution in [0.2, 0.25) is 5.02 Å². The summed E-state index contributed by atoms with van der Waals surface area (Å²) in [6, 6.07) is 10.5. The van der Waals surface area contributed by atoms with Gasteiger partial charge in [0.05, 0.1) is 15.6 Å². The average molecular weight is 292 g/mol. The molecule has 0 saturated carbocycles. The highest BCUT2D eigenvalue weighted by Crippen LogP contribution is 2.36. The van der Waals surface area contributed by atoms with E-state index in [1.807, 2.05) is 19.1 Å². The SMILES string of the molecule is CNc1cccc(Nc2cc(C)ccc2Cl)c1[N+](=O)[O-]. The Morgan fingerprint density at radius 1 is 1.15 bits per heavy atom. The molecule has 6 heteroatoms. The Hall–Kier alpha value is -2.27. The summed E-state index contributed by atoms with van der Waals surface area (Å²) in [5.74, 6) is 0. The quantitative estimate of drug-likeness (QED) is 0.649. The second-order valence-electron chi connectivity index (χ2n) is 4.32. The molecule has 2 aromatic rings. The summed E-state index contributed by atoms with van der Waals surface area (Å²) < 4.78 is 0. The summed E-state index contributed by atoms with van der Waals surface area (Å²) in [4.78, 5) is 10.8. The van der Waals surface area contributed by atoms with Gasteiger partial charge in [-0.1, -0.05) is 23.7 Å². The highest BCUT2D eigenvalue weighted by atomic mass is 35.5. The molecule has 20 heavy (non-hydrogen) atoms. The van der Waals surface area contributed by atoms with Crippen LogP contribution in [0, 0.1) is 17.0 Å². The first kappa shape index (κ1) is 14.1. The molecule has 2 N–H and O–H groups in total. The van der Waals surface area contributed by atoms with Crippen LogP contribution in [-0.2, 0) is 0 Å². The maximum Gasteiger partial charge on any atom is 0.315 e. The molecule has 0 spiro atoms. The molecule has 2 aromatic carbocycles. The lowest BCUT2D eigenvalue weighted by Crippen LogP contribution is -2.01. The van der Waals surface area contributed by atoms with Gasteiger partial charge in [0.2, 0.25) is 0 Å². The number of anilines is 3. The zero-order chi connectivity index (χ0) is 14.7. The van der Waals surface area contributed by atoms with Crippen molar-refractivity contribution in [2.45, 2.75) is 6.92 Å². The third-order valence-corrected chi connectivity index (χ3v) is 3.21. The van der Waals surface area contributed by atoms with Crippen molar-refractivity contribution >= 4 is 34.4 Å². The van der Waals surface area contributed by atoms with Gasteiger partial charge in [-0.15, -0.1) is 0 Å². The lowest BCUT2D eigenvalue weighted by atomic mass is 10.2. The fourth-order valence-corrected chi connectivity index (χ4v) is 2.09. The van der Waals surface area contributed by atoms with E-state index in [-0.39, 0.29) is 5.69 Å². The minimum absolute atomic E-state index is 0.00688. The number of para-hydroxylation sites is 1. The number of halogens is 1. The van der Waals surface area contributed by atoms with Crippen LogP contribution < -0.4 is 10.6 Å². The topological polar surface area (TPSA) is 67.2 Å². The van der Waals surface area contributed by atoms with Crippen molar-refractivity contribution in [3.63, 3.8) is 0 Å². The highest BCUT2D eigenvalue weighted by Gasteiger charge is 2.19. The van der Waals surface area contributed by atoms with Crippen LogP contribution in [-0.4, -0.2) is 12.0 Å². The predicted octanol–water partition coefficient (Wildman–Crippen LogP) is 4.34. The van der Waals surface area contributed by atoms with Gasteiger partial charge in [-0.3, -0.25) is 10.1 Å². The molecule has 0 bridgehead atoms. The number of rotatable bonds is 4. The van der Waals surface area contributed by atoms with Crippen molar-refractivity contribution in [1.82, 2.24) is 0 Å². The average Bonchev–Trinajstić information content (AvgIpc) is 2.42. The molecular formula is C14H14ClN3O2. The number of nitrogens with one attached hydrogen (secondary N) is 2. The molecule has 0 aliphatic heterocycles. The molecule has 2 rings (SSSR count). The van der Waals surface area contributed by atoms with Crippen molar-refractivity contribution < 1.29 is 4.92 Å². The number of hydrogen-bond acceptors (Lipinski definition) is 4. The van der Waals surface area contributed by atoms with E-state index in [2.05, 4.69) is 10.6 Å². The van der Waals surface area contributed by atoms with Crippen LogP contribution >= 0.6 is 11.6 Å². The maximum absolute atomic E-state index is 11.2. The summed E-state index contributed by atoms with van der Waals surface area (Å²) in [5, 5.41) is 17.6. The predicted molar refractivity (Wildman–Crippen MR) is 82.1 cm³/mol. The number of nitrogens with zero attached hydrogens (tertiary/aromatic N) is 1. The van der Waals surface area contributed by atoms with Crippen LogP contribution in [0.25, 0.3) is 0 Å². The Bertz CT molecular complexity index is 659. The molecule has 0 unspecified atom stereocenters. The van der Waals surface area contributed by atoms with Crippen LogP contribution in [0.3, 0.4) is 0 Å². The lowest BCUT2D eigenvalue weighted by molar-refractivity contribution is -0.383. The number of benzene rings is 2. The Morgan fingerprint density at radius 2 is 1.85 bits per heavy atom. The molecule has 0 heterocycles. The van der Waals surface area contributed by atoms with Crippen molar-refractivity contribution in [1.29, 1.82) is 0 Å². The summed E-state index contributed by atoms with van der Waals surface area (Å²) in [5.41, 5.74) is 2.50. The third-order valence-electron chi connectivity index (χ3n) is 2.88. The number of nitro groups is 1. The van der Waals surface area contributed by atoms with E-state index in [4.69, 9.17) is 11.6 Å². The molecule has 0 aliphatic rings. The maximum atomic E-state index is 11.2. The monoisotopic (exact) mass is 291 g/mol. The molecule has 0 fully saturated rings. The van der Waals surface area contributed by atoms with E-state index in [0.717, 1.165) is 5.56 Å². The Balaban J connectivity index is 2.48. The van der Waals surface area contributed by atoms with E-state index in [1.165, 1.54) is 0 Å². The minimum atomic E-state index is -0.419. The Labute approximate surface area is 121 Å². The summed E-state index contributed by atoms with van der Waals surface area (Å²) in [6.07, 6.45) is 0. The van der Waals surface area contributed by atoms with Crippen molar-refractivity contribution in [2.75, 3.05) is 17.7 Å².